The molecule has 0 aliphatic rings. The van der Waals surface area contributed by atoms with E-state index in [2.05, 4.69) is 16.2 Å². The Morgan fingerprint density at radius 3 is 2.91 bits per heavy atom. The van der Waals surface area contributed by atoms with Crippen LogP contribution < -0.4 is 9.47 Å². The van der Waals surface area contributed by atoms with Gasteiger partial charge in [-0.05, 0) is 23.8 Å². The number of nitriles is 1. The molecule has 114 valence electrons. The SMILES string of the molecule is COc1cccc(COc2ccnn2-c2cc(C#N)ccn2)c1. The van der Waals surface area contributed by atoms with Gasteiger partial charge in [0.15, 0.2) is 5.82 Å². The molecule has 0 aliphatic heterocycles. The van der Waals surface area contributed by atoms with Crippen molar-refractivity contribution in [2.24, 2.45) is 0 Å². The smallest absolute Gasteiger partial charge is 0.218 e. The quantitative estimate of drug-likeness (QED) is 0.724. The van der Waals surface area contributed by atoms with E-state index in [1.807, 2.05) is 24.3 Å². The van der Waals surface area contributed by atoms with Gasteiger partial charge < -0.3 is 9.47 Å². The highest BCUT2D eigenvalue weighted by atomic mass is 16.5. The second kappa shape index (κ2) is 6.62. The fourth-order valence-electron chi connectivity index (χ4n) is 2.10. The van der Waals surface area contributed by atoms with Crippen LogP contribution in [0, 0.1) is 11.3 Å². The Hall–Kier alpha value is -3.33. The lowest BCUT2D eigenvalue weighted by molar-refractivity contribution is 0.283. The van der Waals surface area contributed by atoms with Crippen LogP contribution in [0.15, 0.2) is 54.9 Å². The zero-order chi connectivity index (χ0) is 16.1. The molecule has 3 aromatic rings. The van der Waals surface area contributed by atoms with Gasteiger partial charge in [0.05, 0.1) is 24.9 Å². The van der Waals surface area contributed by atoms with Crippen molar-refractivity contribution < 1.29 is 9.47 Å². The van der Waals surface area contributed by atoms with Gasteiger partial charge in [0.1, 0.15) is 12.4 Å². The first-order valence-electron chi connectivity index (χ1n) is 6.96. The van der Waals surface area contributed by atoms with E-state index < -0.39 is 0 Å². The van der Waals surface area contributed by atoms with Crippen molar-refractivity contribution in [2.75, 3.05) is 7.11 Å². The molecule has 0 radical (unpaired) electrons. The summed E-state index contributed by atoms with van der Waals surface area (Å²) in [4.78, 5) is 4.22. The molecule has 23 heavy (non-hydrogen) atoms. The number of pyridine rings is 1. The molecule has 6 nitrogen and oxygen atoms in total. The van der Waals surface area contributed by atoms with Crippen molar-refractivity contribution in [3.05, 3.63) is 66.0 Å². The summed E-state index contributed by atoms with van der Waals surface area (Å²) in [5.74, 6) is 1.87. The minimum atomic E-state index is 0.376. The summed E-state index contributed by atoms with van der Waals surface area (Å²) < 4.78 is 12.6. The Labute approximate surface area is 133 Å². The first kappa shape index (κ1) is 14.6. The van der Waals surface area contributed by atoms with E-state index in [1.165, 1.54) is 0 Å². The Kier molecular flexibility index (Phi) is 4.20. The Morgan fingerprint density at radius 1 is 1.17 bits per heavy atom. The van der Waals surface area contributed by atoms with Gasteiger partial charge in [-0.25, -0.2) is 4.98 Å². The predicted octanol–water partition coefficient (Wildman–Crippen LogP) is 2.73. The van der Waals surface area contributed by atoms with Crippen LogP contribution in [-0.4, -0.2) is 21.9 Å². The highest BCUT2D eigenvalue weighted by Gasteiger charge is 2.08. The molecule has 2 heterocycles. The van der Waals surface area contributed by atoms with E-state index in [9.17, 15) is 0 Å². The molecule has 0 amide bonds. The molecule has 2 aromatic heterocycles. The largest absolute Gasteiger partial charge is 0.497 e. The molecule has 0 N–H and O–H groups in total. The Morgan fingerprint density at radius 2 is 2.09 bits per heavy atom. The number of hydrogen-bond acceptors (Lipinski definition) is 5. The van der Waals surface area contributed by atoms with Crippen LogP contribution in [0.2, 0.25) is 0 Å². The van der Waals surface area contributed by atoms with Crippen LogP contribution in [-0.2, 0) is 6.61 Å². The minimum absolute atomic E-state index is 0.376. The van der Waals surface area contributed by atoms with E-state index in [4.69, 9.17) is 14.7 Å². The van der Waals surface area contributed by atoms with E-state index in [0.717, 1.165) is 11.3 Å². The number of methoxy groups -OCH3 is 1. The van der Waals surface area contributed by atoms with Crippen LogP contribution in [0.25, 0.3) is 5.82 Å². The molecule has 0 bridgehead atoms. The number of ether oxygens (including phenoxy) is 2. The van der Waals surface area contributed by atoms with Gasteiger partial charge in [-0.2, -0.15) is 15.0 Å². The molecule has 0 saturated carbocycles. The predicted molar refractivity (Wildman–Crippen MR) is 83.4 cm³/mol. The molecular formula is C17H14N4O2. The lowest BCUT2D eigenvalue weighted by Crippen LogP contribution is -2.05. The summed E-state index contributed by atoms with van der Waals surface area (Å²) in [7, 11) is 1.63. The van der Waals surface area contributed by atoms with E-state index in [-0.39, 0.29) is 0 Å². The summed E-state index contributed by atoms with van der Waals surface area (Å²) in [6.07, 6.45) is 3.20. The fourth-order valence-corrected chi connectivity index (χ4v) is 2.10. The summed E-state index contributed by atoms with van der Waals surface area (Å²) in [5.41, 5.74) is 1.50. The van der Waals surface area contributed by atoms with E-state index >= 15 is 0 Å². The fraction of sp³-hybridized carbons (Fsp3) is 0.118. The van der Waals surface area contributed by atoms with Gasteiger partial charge >= 0.3 is 0 Å². The average molecular weight is 306 g/mol. The number of aromatic nitrogens is 3. The zero-order valence-corrected chi connectivity index (χ0v) is 12.5. The van der Waals surface area contributed by atoms with Gasteiger partial charge in [0.25, 0.3) is 0 Å². The van der Waals surface area contributed by atoms with Gasteiger partial charge in [-0.1, -0.05) is 12.1 Å². The first-order chi connectivity index (χ1) is 11.3. The maximum Gasteiger partial charge on any atom is 0.218 e. The highest BCUT2D eigenvalue weighted by molar-refractivity contribution is 5.37. The van der Waals surface area contributed by atoms with Crippen molar-refractivity contribution in [1.82, 2.24) is 14.8 Å². The monoisotopic (exact) mass is 306 g/mol. The van der Waals surface area contributed by atoms with Crippen molar-refractivity contribution in [2.45, 2.75) is 6.61 Å². The number of nitrogens with zero attached hydrogens (tertiary/aromatic N) is 4. The summed E-state index contributed by atoms with van der Waals surface area (Å²) in [6.45, 7) is 0.376. The number of hydrogen-bond donors (Lipinski definition) is 0. The van der Waals surface area contributed by atoms with Crippen LogP contribution in [0.1, 0.15) is 11.1 Å². The molecule has 1 aromatic carbocycles. The van der Waals surface area contributed by atoms with E-state index in [1.54, 1.807) is 42.4 Å². The third kappa shape index (κ3) is 3.30. The molecule has 0 atom stereocenters. The summed E-state index contributed by atoms with van der Waals surface area (Å²) >= 11 is 0. The maximum atomic E-state index is 8.98. The average Bonchev–Trinajstić information content (AvgIpc) is 3.09. The maximum absolute atomic E-state index is 8.98. The van der Waals surface area contributed by atoms with Crippen molar-refractivity contribution in [1.29, 1.82) is 5.26 Å². The topological polar surface area (TPSA) is 73.0 Å². The second-order valence-electron chi connectivity index (χ2n) is 4.74. The molecule has 3 rings (SSSR count). The third-order valence-electron chi connectivity index (χ3n) is 3.22. The molecule has 6 heteroatoms. The first-order valence-corrected chi connectivity index (χ1v) is 6.96. The van der Waals surface area contributed by atoms with Gasteiger partial charge in [0, 0.05) is 18.3 Å². The highest BCUT2D eigenvalue weighted by Crippen LogP contribution is 2.19. The Balaban J connectivity index is 1.79. The molecular weight excluding hydrogens is 292 g/mol. The normalized spacial score (nSPS) is 10.1. The van der Waals surface area contributed by atoms with Gasteiger partial charge in [-0.3, -0.25) is 0 Å². The molecule has 0 unspecified atom stereocenters. The second-order valence-corrected chi connectivity index (χ2v) is 4.74. The van der Waals surface area contributed by atoms with Crippen LogP contribution in [0.3, 0.4) is 0 Å². The molecule has 0 spiro atoms. The zero-order valence-electron chi connectivity index (χ0n) is 12.5. The lowest BCUT2D eigenvalue weighted by atomic mass is 10.2. The van der Waals surface area contributed by atoms with Crippen molar-refractivity contribution in [3.8, 4) is 23.5 Å². The Bertz CT molecular complexity index is 852. The van der Waals surface area contributed by atoms with Crippen molar-refractivity contribution >= 4 is 0 Å². The van der Waals surface area contributed by atoms with Crippen LogP contribution in [0.5, 0.6) is 11.6 Å². The lowest BCUT2D eigenvalue weighted by Gasteiger charge is -2.09. The number of benzene rings is 1. The van der Waals surface area contributed by atoms with Gasteiger partial charge in [-0.15, -0.1) is 0 Å². The molecule has 0 fully saturated rings. The van der Waals surface area contributed by atoms with E-state index in [0.29, 0.717) is 23.9 Å². The number of rotatable bonds is 5. The minimum Gasteiger partial charge on any atom is -0.497 e. The molecule has 0 aliphatic carbocycles. The van der Waals surface area contributed by atoms with Crippen LogP contribution in [0.4, 0.5) is 0 Å². The van der Waals surface area contributed by atoms with Crippen LogP contribution >= 0.6 is 0 Å². The third-order valence-corrected chi connectivity index (χ3v) is 3.22. The summed E-state index contributed by atoms with van der Waals surface area (Å²) in [6, 6.07) is 14.8. The van der Waals surface area contributed by atoms with Crippen molar-refractivity contribution in [3.63, 3.8) is 0 Å². The van der Waals surface area contributed by atoms with Gasteiger partial charge in [0.2, 0.25) is 5.88 Å². The summed E-state index contributed by atoms with van der Waals surface area (Å²) in [5, 5.41) is 13.2. The standard InChI is InChI=1S/C17H14N4O2/c1-22-15-4-2-3-14(9-15)12-23-17-6-8-20-21(17)16-10-13(11-18)5-7-19-16/h2-10H,12H2,1H3. The molecule has 0 saturated heterocycles.